The highest BCUT2D eigenvalue weighted by molar-refractivity contribution is 5.94. The molecule has 0 aromatic heterocycles. The summed E-state index contributed by atoms with van der Waals surface area (Å²) in [5.41, 5.74) is 3.21. The Labute approximate surface area is 748 Å². The molecular weight excluding hydrogens is 1660 g/mol. The molecule has 10 fully saturated rings. The molecule has 1 aliphatic carbocycles. The number of nitrogens with one attached hydrogen (secondary N) is 10. The average molecular weight is 1800 g/mol. The first-order chi connectivity index (χ1) is 61.8. The fraction of sp³-hybridized carbons (Fsp3) is 0.703. The van der Waals surface area contributed by atoms with Gasteiger partial charge in [0.15, 0.2) is 5.79 Å². The number of amides is 10. The van der Waals surface area contributed by atoms with Gasteiger partial charge in [-0.1, -0.05) is 100 Å². The molecule has 1 saturated carbocycles. The van der Waals surface area contributed by atoms with Gasteiger partial charge in [-0.05, 0) is 80.1 Å². The highest BCUT2D eigenvalue weighted by atomic mass is 16.8. The van der Waals surface area contributed by atoms with Gasteiger partial charge >= 0.3 is 0 Å². The molecule has 37 heteroatoms. The Morgan fingerprint density at radius 1 is 0.508 bits per heavy atom. The zero-order valence-electron chi connectivity index (χ0n) is 74.3. The second-order valence-corrected chi connectivity index (χ2v) is 35.0. The fourth-order valence-electron chi connectivity index (χ4n) is 18.6. The molecule has 9 heterocycles. The number of nitrogens with zero attached hydrogens (tertiary/aromatic N) is 1. The number of ether oxygens (including phenoxy) is 13. The van der Waals surface area contributed by atoms with Crippen LogP contribution in [-0.2, 0) is 127 Å². The van der Waals surface area contributed by atoms with Crippen molar-refractivity contribution in [2.45, 2.75) is 264 Å². The van der Waals surface area contributed by atoms with Crippen LogP contribution in [0.1, 0.15) is 141 Å². The van der Waals surface area contributed by atoms with Gasteiger partial charge in [-0.2, -0.15) is 0 Å². The Morgan fingerprint density at radius 2 is 1.02 bits per heavy atom. The molecule has 12 rings (SSSR count). The van der Waals surface area contributed by atoms with Crippen LogP contribution in [0.15, 0.2) is 85.0 Å². The third-order valence-electron chi connectivity index (χ3n) is 25.2. The Morgan fingerprint density at radius 3 is 1.59 bits per heavy atom. The molecule has 10 bridgehead atoms. The fourth-order valence-corrected chi connectivity index (χ4v) is 18.6. The van der Waals surface area contributed by atoms with Crippen LogP contribution in [0.5, 0.6) is 0 Å². The smallest absolute Gasteiger partial charge is 0.243 e. The summed E-state index contributed by atoms with van der Waals surface area (Å²) in [5.74, 6) is -7.41. The molecule has 710 valence electrons. The molecule has 0 radical (unpaired) electrons. The monoisotopic (exact) mass is 1800 g/mol. The minimum atomic E-state index is -1.18. The normalized spacial score (nSPS) is 28.3. The molecule has 2 aromatic rings. The van der Waals surface area contributed by atoms with Crippen molar-refractivity contribution in [2.24, 2.45) is 11.8 Å². The van der Waals surface area contributed by atoms with Crippen LogP contribution in [0.25, 0.3) is 0 Å². The Balaban J connectivity index is 0.537. The number of aliphatic hydroxyl groups excluding tert-OH is 2. The van der Waals surface area contributed by atoms with Crippen molar-refractivity contribution in [3.63, 3.8) is 0 Å². The summed E-state index contributed by atoms with van der Waals surface area (Å²) in [6.45, 7) is 13.2. The summed E-state index contributed by atoms with van der Waals surface area (Å²) in [5, 5.41) is 46.4. The minimum Gasteiger partial charge on any atom is -0.392 e. The number of rotatable bonds is 47. The van der Waals surface area contributed by atoms with Gasteiger partial charge in [0.05, 0.1) is 159 Å². The maximum atomic E-state index is 14.5. The topological polar surface area (TPSA) is 472 Å². The van der Waals surface area contributed by atoms with Crippen molar-refractivity contribution in [3.8, 4) is 0 Å². The molecule has 10 amide bonds. The average Bonchev–Trinajstić information content (AvgIpc) is 1.54. The predicted molar refractivity (Wildman–Crippen MR) is 461 cm³/mol. The first kappa shape index (κ1) is 100. The van der Waals surface area contributed by atoms with E-state index in [1.807, 2.05) is 0 Å². The summed E-state index contributed by atoms with van der Waals surface area (Å²) in [6.07, 6.45) is 3.00. The zero-order chi connectivity index (χ0) is 91.1. The third kappa shape index (κ3) is 30.9. The molecule has 9 saturated heterocycles. The van der Waals surface area contributed by atoms with Crippen LogP contribution >= 0.6 is 0 Å². The standard InChI is InChI=1S/C91H135N11O26/c1-55-38-64-22-24-69(116-5)56(2)45-91-46-74-85(127-91)86-87(126-74)88(128-91)84-70(125-86)25-23-65(123-84)41-62(104)42-66-72(44-71(122-64)58(55)4)124-73(83(66)117-6)43-63(105)48-93-80(111)52-99-90(115)68(40-60-18-12-8-13-19-60)101-82(113)54-97-78(109)50-95-76(107)27-31-119-35-37-121-33-29-102(61-20-14-9-15-21-61)28-32-120-36-34-118-30-26-75(106)94-49-77(108)96-53-81(112)100-67(39-59-16-10-7-11-17-59)89(114)98-51-79(110)92-47-57(3)103/h7-8,10-13,16-19,55,57,61,63-74,83-88,103,105H,2,4,9,14-15,20-54H2,1,3,5-6H3,(H,92,110)(H,93,111)(H,94,106)(H,95,107)(H,96,108)(H,97,109)(H,98,114)(H,99,115)(H,100,112)(H,101,113)/t55-,57+,63+,64+,65-,66+,67+,68+,69+,70+,71-,72+,73-,74-,83-,84+,85+,86?,87?,88+,91+/m1/s1. The second kappa shape index (κ2) is 50.9. The minimum absolute atomic E-state index is 0.00577. The van der Waals surface area contributed by atoms with Crippen LogP contribution in [0.2, 0.25) is 0 Å². The molecule has 2 unspecified atom stereocenters. The van der Waals surface area contributed by atoms with E-state index in [9.17, 15) is 63.0 Å². The van der Waals surface area contributed by atoms with Gasteiger partial charge in [-0.15, -0.1) is 0 Å². The SMILES string of the molecule is C=C1C[C@@]23C[C@H]4OC5C(O[C@H]6CC[C@H](CC(=O)C[C@@H]7[C@@H](OC)[C@@H](C[C@H](O)CNC(=O)CNC(=O)[C@H](Cc8ccccc8)NC(=O)CNC(=O)CNC(=O)CCOCCOCCN(CCOCCOCCC(=O)NCC(=O)NCC(=O)N[C@@H](Cc8ccccc8)C(=O)NCC(=O)NC[C@H](C)O)C8CCCCC8)O[C@H]7C[C@H]7O[C@@H](CC[C@@H]1OC)C[C@@H](C)C7=C)O[C@@H]6[C@@H]5O2)[C@H]4O3. The quantitative estimate of drug-likeness (QED) is 0.0311. The Bertz CT molecular complexity index is 3980. The number of benzene rings is 2. The van der Waals surface area contributed by atoms with E-state index in [1.165, 1.54) is 13.3 Å². The number of carbonyl (C=O) groups excluding carboxylic acids is 11. The molecule has 128 heavy (non-hydrogen) atoms. The summed E-state index contributed by atoms with van der Waals surface area (Å²) in [6, 6.07) is 15.9. The van der Waals surface area contributed by atoms with Crippen molar-refractivity contribution in [2.75, 3.05) is 133 Å². The number of fused-ring (bicyclic) bond motifs is 4. The van der Waals surface area contributed by atoms with Crippen LogP contribution in [0.3, 0.4) is 0 Å². The van der Waals surface area contributed by atoms with Crippen molar-refractivity contribution in [1.82, 2.24) is 58.1 Å². The highest BCUT2D eigenvalue weighted by Crippen LogP contribution is 2.55. The lowest BCUT2D eigenvalue weighted by Crippen LogP contribution is -2.61. The summed E-state index contributed by atoms with van der Waals surface area (Å²) >= 11 is 0. The van der Waals surface area contributed by atoms with Gasteiger partial charge in [0.25, 0.3) is 0 Å². The lowest BCUT2D eigenvalue weighted by molar-refractivity contribution is -0.290. The van der Waals surface area contributed by atoms with Gasteiger partial charge in [0.1, 0.15) is 48.4 Å². The molecule has 2 aromatic carbocycles. The van der Waals surface area contributed by atoms with Crippen molar-refractivity contribution in [1.29, 1.82) is 0 Å². The molecule has 21 atom stereocenters. The van der Waals surface area contributed by atoms with E-state index in [1.54, 1.807) is 74.9 Å². The number of methoxy groups -OCH3 is 2. The zero-order valence-corrected chi connectivity index (χ0v) is 74.3. The second-order valence-electron chi connectivity index (χ2n) is 35.0. The Hall–Kier alpha value is -8.35. The van der Waals surface area contributed by atoms with Crippen molar-refractivity contribution in [3.05, 3.63) is 96.1 Å². The molecule has 12 N–H and O–H groups in total. The van der Waals surface area contributed by atoms with E-state index in [0.717, 1.165) is 48.8 Å². The first-order valence-electron chi connectivity index (χ1n) is 45.6. The summed E-state index contributed by atoms with van der Waals surface area (Å²) < 4.78 is 83.2. The van der Waals surface area contributed by atoms with Gasteiger partial charge in [0, 0.05) is 117 Å². The van der Waals surface area contributed by atoms with E-state index in [4.69, 9.17) is 61.6 Å². The van der Waals surface area contributed by atoms with Gasteiger partial charge in [-0.3, -0.25) is 57.6 Å². The lowest BCUT2D eigenvalue weighted by Gasteiger charge is -2.47. The van der Waals surface area contributed by atoms with Crippen molar-refractivity contribution < 1.29 is 125 Å². The molecular formula is C91H135N11O26. The molecule has 37 nitrogen and oxygen atoms in total. The van der Waals surface area contributed by atoms with Crippen LogP contribution in [-0.4, -0.2) is 334 Å². The van der Waals surface area contributed by atoms with Gasteiger partial charge < -0.3 is 125 Å². The number of Topliss-reactive ketones (excluding diaryl/α,β-unsaturated/α-hetero) is 1. The maximum absolute atomic E-state index is 14.5. The van der Waals surface area contributed by atoms with E-state index in [2.05, 4.69) is 78.1 Å². The Kier molecular flexibility index (Phi) is 39.8. The van der Waals surface area contributed by atoms with E-state index < -0.39 is 171 Å². The number of ketones is 1. The van der Waals surface area contributed by atoms with E-state index >= 15 is 0 Å². The predicted octanol–water partition coefficient (Wildman–Crippen LogP) is 0.193. The van der Waals surface area contributed by atoms with Gasteiger partial charge in [-0.25, -0.2) is 0 Å². The maximum Gasteiger partial charge on any atom is 0.243 e. The lowest BCUT2D eigenvalue weighted by atomic mass is 9.81. The van der Waals surface area contributed by atoms with Gasteiger partial charge in [0.2, 0.25) is 59.1 Å². The third-order valence-corrected chi connectivity index (χ3v) is 25.2. The van der Waals surface area contributed by atoms with Crippen molar-refractivity contribution >= 4 is 64.9 Å². The molecule has 9 aliphatic heterocycles. The molecule has 1 spiro atoms. The van der Waals surface area contributed by atoms with Crippen LogP contribution in [0, 0.1) is 11.8 Å². The highest BCUT2D eigenvalue weighted by Gasteiger charge is 2.69. The largest absolute Gasteiger partial charge is 0.392 e. The summed E-state index contributed by atoms with van der Waals surface area (Å²) in [4.78, 5) is 146. The van der Waals surface area contributed by atoms with Crippen LogP contribution < -0.4 is 53.2 Å². The number of hydrogen-bond donors (Lipinski definition) is 12. The van der Waals surface area contributed by atoms with Crippen LogP contribution in [0.4, 0.5) is 0 Å². The number of aliphatic hydroxyl groups is 2. The number of hydrogen-bond acceptors (Lipinski definition) is 27. The first-order valence-corrected chi connectivity index (χ1v) is 45.6. The van der Waals surface area contributed by atoms with E-state index in [0.29, 0.717) is 89.5 Å². The molecule has 10 aliphatic rings. The number of carbonyl (C=O) groups is 11. The summed E-state index contributed by atoms with van der Waals surface area (Å²) in [7, 11) is 3.25. The van der Waals surface area contributed by atoms with E-state index in [-0.39, 0.29) is 152 Å².